The molecule has 0 bridgehead atoms. The highest BCUT2D eigenvalue weighted by atomic mass is 16.5. The zero-order valence-corrected chi connectivity index (χ0v) is 12.6. The predicted octanol–water partition coefficient (Wildman–Crippen LogP) is 3.03. The second-order valence-electron chi connectivity index (χ2n) is 4.89. The first-order valence-corrected chi connectivity index (χ1v) is 7.10. The van der Waals surface area contributed by atoms with Crippen molar-refractivity contribution in [2.24, 2.45) is 0 Å². The van der Waals surface area contributed by atoms with E-state index in [2.05, 4.69) is 31.3 Å². The fourth-order valence-electron chi connectivity index (χ4n) is 2.11. The molecule has 108 valence electrons. The van der Waals surface area contributed by atoms with E-state index >= 15 is 0 Å². The quantitative estimate of drug-likeness (QED) is 0.744. The molecular weight excluding hydrogens is 238 g/mol. The number of methoxy groups -OCH3 is 2. The third kappa shape index (κ3) is 5.62. The first-order valence-electron chi connectivity index (χ1n) is 7.10. The van der Waals surface area contributed by atoms with Gasteiger partial charge in [-0.25, -0.2) is 0 Å². The van der Waals surface area contributed by atoms with Gasteiger partial charge in [0.2, 0.25) is 0 Å². The van der Waals surface area contributed by atoms with Crippen LogP contribution in [-0.4, -0.2) is 32.9 Å². The summed E-state index contributed by atoms with van der Waals surface area (Å²) in [5.74, 6) is 0.912. The van der Waals surface area contributed by atoms with E-state index in [4.69, 9.17) is 9.47 Å². The number of hydrogen-bond donors (Lipinski definition) is 1. The Hall–Kier alpha value is -1.06. The van der Waals surface area contributed by atoms with E-state index < -0.39 is 0 Å². The number of hydrogen-bond acceptors (Lipinski definition) is 3. The summed E-state index contributed by atoms with van der Waals surface area (Å²) in [6.07, 6.45) is 3.53. The van der Waals surface area contributed by atoms with Crippen LogP contribution < -0.4 is 10.1 Å². The van der Waals surface area contributed by atoms with Gasteiger partial charge in [-0.1, -0.05) is 19.1 Å². The summed E-state index contributed by atoms with van der Waals surface area (Å²) in [4.78, 5) is 0. The van der Waals surface area contributed by atoms with Crippen LogP contribution in [-0.2, 0) is 11.2 Å². The van der Waals surface area contributed by atoms with Gasteiger partial charge >= 0.3 is 0 Å². The van der Waals surface area contributed by atoms with Crippen LogP contribution >= 0.6 is 0 Å². The molecule has 0 radical (unpaired) electrons. The van der Waals surface area contributed by atoms with Gasteiger partial charge in [0, 0.05) is 13.2 Å². The van der Waals surface area contributed by atoms with Crippen LogP contribution in [0.25, 0.3) is 0 Å². The van der Waals surface area contributed by atoms with Gasteiger partial charge in [-0.2, -0.15) is 0 Å². The molecule has 19 heavy (non-hydrogen) atoms. The Morgan fingerprint density at radius 3 is 2.37 bits per heavy atom. The minimum atomic E-state index is 0.241. The number of nitrogens with one attached hydrogen (secondary N) is 1. The van der Waals surface area contributed by atoms with Crippen LogP contribution in [0, 0.1) is 0 Å². The van der Waals surface area contributed by atoms with Gasteiger partial charge < -0.3 is 14.8 Å². The SMILES string of the molecule is CCCNC(CCc1ccc(OC)cc1)C(C)OC. The van der Waals surface area contributed by atoms with Gasteiger partial charge in [-0.05, 0) is 50.4 Å². The zero-order chi connectivity index (χ0) is 14.1. The van der Waals surface area contributed by atoms with Crippen molar-refractivity contribution < 1.29 is 9.47 Å². The lowest BCUT2D eigenvalue weighted by atomic mass is 10.0. The van der Waals surface area contributed by atoms with Crippen molar-refractivity contribution in [1.82, 2.24) is 5.32 Å². The molecule has 1 rings (SSSR count). The Balaban J connectivity index is 2.49. The molecule has 1 N–H and O–H groups in total. The lowest BCUT2D eigenvalue weighted by Crippen LogP contribution is -2.40. The van der Waals surface area contributed by atoms with Crippen molar-refractivity contribution in [2.75, 3.05) is 20.8 Å². The van der Waals surface area contributed by atoms with Gasteiger partial charge in [0.05, 0.1) is 13.2 Å². The van der Waals surface area contributed by atoms with Gasteiger partial charge in [-0.15, -0.1) is 0 Å². The highest BCUT2D eigenvalue weighted by Crippen LogP contribution is 2.14. The molecule has 0 fully saturated rings. The Morgan fingerprint density at radius 1 is 1.16 bits per heavy atom. The standard InChI is InChI=1S/C16H27NO2/c1-5-12-17-16(13(2)18-3)11-8-14-6-9-15(19-4)10-7-14/h6-7,9-10,13,16-17H,5,8,11-12H2,1-4H3. The largest absolute Gasteiger partial charge is 0.497 e. The van der Waals surface area contributed by atoms with Crippen LogP contribution in [0.3, 0.4) is 0 Å². The molecule has 0 saturated carbocycles. The van der Waals surface area contributed by atoms with E-state index in [0.29, 0.717) is 6.04 Å². The maximum Gasteiger partial charge on any atom is 0.118 e. The molecule has 0 spiro atoms. The molecule has 0 aliphatic heterocycles. The van der Waals surface area contributed by atoms with E-state index in [9.17, 15) is 0 Å². The van der Waals surface area contributed by atoms with E-state index in [0.717, 1.165) is 31.6 Å². The maximum atomic E-state index is 5.45. The molecule has 0 aliphatic carbocycles. The molecule has 2 unspecified atom stereocenters. The lowest BCUT2D eigenvalue weighted by Gasteiger charge is -2.24. The Kier molecular flexibility index (Phi) is 7.53. The molecule has 3 nitrogen and oxygen atoms in total. The van der Waals surface area contributed by atoms with Gasteiger partial charge in [0.15, 0.2) is 0 Å². The van der Waals surface area contributed by atoms with Gasteiger partial charge in [0.25, 0.3) is 0 Å². The van der Waals surface area contributed by atoms with E-state index in [1.54, 1.807) is 14.2 Å². The van der Waals surface area contributed by atoms with E-state index in [1.807, 2.05) is 12.1 Å². The summed E-state index contributed by atoms with van der Waals surface area (Å²) in [6.45, 7) is 5.35. The van der Waals surface area contributed by atoms with Gasteiger partial charge in [0.1, 0.15) is 5.75 Å². The summed E-state index contributed by atoms with van der Waals surface area (Å²) in [7, 11) is 3.47. The van der Waals surface area contributed by atoms with Crippen molar-refractivity contribution in [3.05, 3.63) is 29.8 Å². The average Bonchev–Trinajstić information content (AvgIpc) is 2.47. The third-order valence-corrected chi connectivity index (χ3v) is 3.50. The van der Waals surface area contributed by atoms with Crippen molar-refractivity contribution in [3.63, 3.8) is 0 Å². The average molecular weight is 265 g/mol. The summed E-state index contributed by atoms with van der Waals surface area (Å²) < 4.78 is 10.6. The van der Waals surface area contributed by atoms with Crippen LogP contribution in [0.15, 0.2) is 24.3 Å². The van der Waals surface area contributed by atoms with Crippen molar-refractivity contribution in [3.8, 4) is 5.75 Å². The molecule has 1 aromatic rings. The highest BCUT2D eigenvalue weighted by Gasteiger charge is 2.15. The molecule has 0 heterocycles. The van der Waals surface area contributed by atoms with E-state index in [1.165, 1.54) is 5.56 Å². The normalized spacial score (nSPS) is 14.1. The molecule has 3 heteroatoms. The Labute approximate surface area is 117 Å². The molecule has 1 aromatic carbocycles. The monoisotopic (exact) mass is 265 g/mol. The predicted molar refractivity (Wildman–Crippen MR) is 79.9 cm³/mol. The van der Waals surface area contributed by atoms with Crippen LogP contribution in [0.4, 0.5) is 0 Å². The molecule has 0 amide bonds. The second kappa shape index (κ2) is 8.94. The van der Waals surface area contributed by atoms with Crippen molar-refractivity contribution >= 4 is 0 Å². The molecule has 0 saturated heterocycles. The van der Waals surface area contributed by atoms with Crippen molar-refractivity contribution in [2.45, 2.75) is 45.3 Å². The number of rotatable bonds is 9. The number of benzene rings is 1. The molecule has 0 aliphatic rings. The molecule has 2 atom stereocenters. The van der Waals surface area contributed by atoms with Crippen LogP contribution in [0.1, 0.15) is 32.3 Å². The van der Waals surface area contributed by atoms with Crippen molar-refractivity contribution in [1.29, 1.82) is 0 Å². The maximum absolute atomic E-state index is 5.45. The first-order chi connectivity index (χ1) is 9.21. The van der Waals surface area contributed by atoms with Gasteiger partial charge in [-0.3, -0.25) is 0 Å². The molecular formula is C16H27NO2. The minimum absolute atomic E-state index is 0.241. The molecule has 0 aromatic heterocycles. The summed E-state index contributed by atoms with van der Waals surface area (Å²) >= 11 is 0. The summed E-state index contributed by atoms with van der Waals surface area (Å²) in [6, 6.07) is 8.71. The number of ether oxygens (including phenoxy) is 2. The minimum Gasteiger partial charge on any atom is -0.497 e. The van der Waals surface area contributed by atoms with Crippen LogP contribution in [0.2, 0.25) is 0 Å². The summed E-state index contributed by atoms with van der Waals surface area (Å²) in [5, 5.41) is 3.56. The first kappa shape index (κ1) is 16.0. The van der Waals surface area contributed by atoms with Crippen LogP contribution in [0.5, 0.6) is 5.75 Å². The topological polar surface area (TPSA) is 30.5 Å². The Morgan fingerprint density at radius 2 is 1.84 bits per heavy atom. The third-order valence-electron chi connectivity index (χ3n) is 3.50. The zero-order valence-electron chi connectivity index (χ0n) is 12.6. The lowest BCUT2D eigenvalue weighted by molar-refractivity contribution is 0.0802. The smallest absolute Gasteiger partial charge is 0.118 e. The number of aryl methyl sites for hydroxylation is 1. The fraction of sp³-hybridized carbons (Fsp3) is 0.625. The second-order valence-corrected chi connectivity index (χ2v) is 4.89. The summed E-state index contributed by atoms with van der Waals surface area (Å²) in [5.41, 5.74) is 1.34. The van der Waals surface area contributed by atoms with E-state index in [-0.39, 0.29) is 6.10 Å². The highest BCUT2D eigenvalue weighted by molar-refractivity contribution is 5.27. The fourth-order valence-corrected chi connectivity index (χ4v) is 2.11. The Bertz CT molecular complexity index is 337.